The zero-order valence-corrected chi connectivity index (χ0v) is 12.5. The second-order valence-electron chi connectivity index (χ2n) is 1.76. The van der Waals surface area contributed by atoms with Crippen molar-refractivity contribution in [1.82, 2.24) is 0 Å². The molecule has 0 aliphatic carbocycles. The summed E-state index contributed by atoms with van der Waals surface area (Å²) in [4.78, 5) is 10.0. The van der Waals surface area contributed by atoms with Crippen LogP contribution in [0.15, 0.2) is 0 Å². The van der Waals surface area contributed by atoms with Gasteiger partial charge in [0.1, 0.15) is 0 Å². The third-order valence-corrected chi connectivity index (χ3v) is 0.402. The molecule has 0 heterocycles. The Kier molecular flexibility index (Phi) is 13.7. The Bertz CT molecular complexity index is 87.7. The van der Waals surface area contributed by atoms with Crippen molar-refractivity contribution in [2.45, 2.75) is 26.9 Å². The van der Waals surface area contributed by atoms with E-state index in [1.165, 1.54) is 6.92 Å². The third kappa shape index (κ3) is 23.0. The molecule has 0 saturated carbocycles. The van der Waals surface area contributed by atoms with Gasteiger partial charge in [-0.3, -0.25) is 4.79 Å². The number of halogens is 2. The molecule has 10 heavy (non-hydrogen) atoms. The first-order chi connectivity index (χ1) is 4.54. The third-order valence-electron chi connectivity index (χ3n) is 0.402. The Hall–Kier alpha value is 1.05. The Morgan fingerprint density at radius 1 is 1.50 bits per heavy atom. The fourth-order valence-electron chi connectivity index (χ4n) is 0.332. The SMILES string of the molecule is CC(=O)OC(C)C.[Br][Zn][Br]. The summed E-state index contributed by atoms with van der Waals surface area (Å²) in [6.07, 6.45) is 0.0255. The van der Waals surface area contributed by atoms with Gasteiger partial charge in [-0.15, -0.1) is 0 Å². The van der Waals surface area contributed by atoms with E-state index in [9.17, 15) is 4.79 Å². The summed E-state index contributed by atoms with van der Waals surface area (Å²) in [5, 5.41) is 0. The van der Waals surface area contributed by atoms with E-state index in [-0.39, 0.29) is 25.3 Å². The van der Waals surface area contributed by atoms with Crippen molar-refractivity contribution in [2.24, 2.45) is 0 Å². The van der Waals surface area contributed by atoms with Crippen molar-refractivity contribution in [3.63, 3.8) is 0 Å². The summed E-state index contributed by atoms with van der Waals surface area (Å²) >= 11 is 6.25. The molecule has 0 aromatic rings. The maximum absolute atomic E-state index is 10.0. The molecule has 0 fully saturated rings. The summed E-state index contributed by atoms with van der Waals surface area (Å²) in [5.74, 6) is -0.213. The van der Waals surface area contributed by atoms with Crippen molar-refractivity contribution < 1.29 is 22.7 Å². The van der Waals surface area contributed by atoms with Crippen LogP contribution in [0.1, 0.15) is 20.8 Å². The molecule has 0 aliphatic rings. The van der Waals surface area contributed by atoms with Gasteiger partial charge in [-0.25, -0.2) is 0 Å². The molecule has 0 aromatic heterocycles. The van der Waals surface area contributed by atoms with E-state index in [0.717, 1.165) is 0 Å². The first-order valence-corrected chi connectivity index (χ1v) is 16.7. The number of ether oxygens (including phenoxy) is 1. The number of rotatable bonds is 1. The Balaban J connectivity index is 0. The van der Waals surface area contributed by atoms with Crippen LogP contribution in [0.3, 0.4) is 0 Å². The van der Waals surface area contributed by atoms with Gasteiger partial charge in [0, 0.05) is 6.92 Å². The van der Waals surface area contributed by atoms with Crippen molar-refractivity contribution in [3.05, 3.63) is 0 Å². The van der Waals surface area contributed by atoms with Gasteiger partial charge in [-0.1, -0.05) is 0 Å². The van der Waals surface area contributed by atoms with Crippen molar-refractivity contribution in [2.75, 3.05) is 0 Å². The van der Waals surface area contributed by atoms with Crippen LogP contribution in [0.5, 0.6) is 0 Å². The van der Waals surface area contributed by atoms with E-state index in [1.54, 1.807) is 0 Å². The molecule has 0 rings (SSSR count). The van der Waals surface area contributed by atoms with Gasteiger partial charge in [0.15, 0.2) is 0 Å². The van der Waals surface area contributed by atoms with E-state index in [0.29, 0.717) is 0 Å². The van der Waals surface area contributed by atoms with Crippen LogP contribution < -0.4 is 0 Å². The number of carbonyl (C=O) groups is 1. The molecule has 0 aromatic carbocycles. The van der Waals surface area contributed by atoms with Gasteiger partial charge in [-0.05, 0) is 13.8 Å². The second kappa shape index (κ2) is 10.1. The molecule has 0 amide bonds. The average Bonchev–Trinajstić information content (AvgIpc) is 1.62. The quantitative estimate of drug-likeness (QED) is 0.547. The summed E-state index contributed by atoms with van der Waals surface area (Å²) in [7, 11) is 0. The van der Waals surface area contributed by atoms with Gasteiger partial charge >= 0.3 is 46.4 Å². The van der Waals surface area contributed by atoms with Crippen LogP contribution in [0, 0.1) is 0 Å². The van der Waals surface area contributed by atoms with E-state index in [4.69, 9.17) is 0 Å². The van der Waals surface area contributed by atoms with E-state index < -0.39 is 0 Å². The standard InChI is InChI=1S/C5H10O2.2BrH.Zn/c1-4(2)7-5(3)6;;;/h4H,1-3H3;2*1H;/q;;;+2/p-2. The van der Waals surface area contributed by atoms with Crippen molar-refractivity contribution in [3.8, 4) is 0 Å². The summed E-state index contributed by atoms with van der Waals surface area (Å²) in [5.41, 5.74) is 0. The topological polar surface area (TPSA) is 26.3 Å². The minimum atomic E-state index is -0.250. The molecular formula is C5H10Br2O2Zn. The zero-order valence-electron chi connectivity index (χ0n) is 6.36. The van der Waals surface area contributed by atoms with E-state index in [1.807, 2.05) is 13.8 Å². The normalized spacial score (nSPS) is 7.40. The van der Waals surface area contributed by atoms with Crippen molar-refractivity contribution in [1.29, 1.82) is 0 Å². The molecule has 2 nitrogen and oxygen atoms in total. The van der Waals surface area contributed by atoms with Gasteiger partial charge in [0.05, 0.1) is 6.10 Å². The zero-order chi connectivity index (χ0) is 8.57. The molecule has 0 unspecified atom stereocenters. The van der Waals surface area contributed by atoms with E-state index in [2.05, 4.69) is 32.0 Å². The molecule has 5 heteroatoms. The molecular weight excluding hydrogens is 317 g/mol. The minimum absolute atomic E-state index is 0.0255. The average molecular weight is 327 g/mol. The monoisotopic (exact) mass is 324 g/mol. The summed E-state index contributed by atoms with van der Waals surface area (Å²) in [6, 6.07) is 0. The Labute approximate surface area is 82.4 Å². The molecule has 0 spiro atoms. The predicted octanol–water partition coefficient (Wildman–Crippen LogP) is 2.65. The molecule has 0 N–H and O–H groups in total. The molecule has 0 atom stereocenters. The number of esters is 1. The van der Waals surface area contributed by atoms with Crippen LogP contribution in [-0.4, -0.2) is 12.1 Å². The molecule has 58 valence electrons. The van der Waals surface area contributed by atoms with Gasteiger partial charge < -0.3 is 4.74 Å². The van der Waals surface area contributed by atoms with Gasteiger partial charge in [0.2, 0.25) is 0 Å². The molecule has 0 saturated heterocycles. The van der Waals surface area contributed by atoms with Crippen LogP contribution >= 0.6 is 27.2 Å². The predicted molar refractivity (Wildman–Crippen MR) is 44.8 cm³/mol. The summed E-state index contributed by atoms with van der Waals surface area (Å²) < 4.78 is 4.61. The van der Waals surface area contributed by atoms with Crippen LogP contribution in [0.25, 0.3) is 0 Å². The Morgan fingerprint density at radius 2 is 1.80 bits per heavy atom. The molecule has 0 aliphatic heterocycles. The summed E-state index contributed by atoms with van der Waals surface area (Å²) in [6.45, 7) is 5.04. The second-order valence-corrected chi connectivity index (χ2v) is 15.8. The van der Waals surface area contributed by atoms with Gasteiger partial charge in [0.25, 0.3) is 0 Å². The maximum atomic E-state index is 10.0. The van der Waals surface area contributed by atoms with Crippen LogP contribution in [0.2, 0.25) is 0 Å². The van der Waals surface area contributed by atoms with Crippen molar-refractivity contribution >= 4 is 33.2 Å². The number of carbonyl (C=O) groups excluding carboxylic acids is 1. The first kappa shape index (κ1) is 13.6. The fourth-order valence-corrected chi connectivity index (χ4v) is 0.332. The Morgan fingerprint density at radius 3 is 1.80 bits per heavy atom. The first-order valence-electron chi connectivity index (χ1n) is 2.83. The van der Waals surface area contributed by atoms with Gasteiger partial charge in [-0.2, -0.15) is 0 Å². The number of hydrogen-bond acceptors (Lipinski definition) is 2. The molecule has 0 bridgehead atoms. The fraction of sp³-hybridized carbons (Fsp3) is 0.800. The van der Waals surface area contributed by atoms with E-state index >= 15 is 0 Å². The number of hydrogen-bond donors (Lipinski definition) is 0. The molecule has 0 radical (unpaired) electrons. The van der Waals surface area contributed by atoms with Crippen LogP contribution in [0.4, 0.5) is 0 Å². The van der Waals surface area contributed by atoms with Crippen LogP contribution in [-0.2, 0) is 22.7 Å².